The van der Waals surface area contributed by atoms with Crippen LogP contribution < -0.4 is 0 Å². The number of esters is 1. The standard InChI is InChI=1S/C31H31NO3/c1-4-22-10-8-9-13-26(22)30-29(23-11-6-5-7-12-23)27-15-14-24(31(33)34-3)18-28(27)32(30)19-21(2)25-16-17-35-20-25/h4,8-10,13-18,20,23H,1-2,5-7,11-12,19H2,3H3. The molecule has 4 heteroatoms. The smallest absolute Gasteiger partial charge is 0.337 e. The fourth-order valence-corrected chi connectivity index (χ4v) is 5.52. The Hall–Kier alpha value is -3.79. The molecule has 5 rings (SSSR count). The Kier molecular flexibility index (Phi) is 6.45. The zero-order chi connectivity index (χ0) is 24.4. The molecule has 4 aromatic rings. The van der Waals surface area contributed by atoms with Gasteiger partial charge >= 0.3 is 5.97 Å². The van der Waals surface area contributed by atoms with E-state index in [0.29, 0.717) is 18.0 Å². The summed E-state index contributed by atoms with van der Waals surface area (Å²) >= 11 is 0. The number of benzene rings is 2. The molecule has 1 fully saturated rings. The molecule has 35 heavy (non-hydrogen) atoms. The highest BCUT2D eigenvalue weighted by Gasteiger charge is 2.28. The number of nitrogens with zero attached hydrogens (tertiary/aromatic N) is 1. The quantitative estimate of drug-likeness (QED) is 0.259. The number of furan rings is 1. The molecule has 1 aliphatic carbocycles. The minimum atomic E-state index is -0.333. The van der Waals surface area contributed by atoms with Crippen LogP contribution in [0.1, 0.15) is 65.1 Å². The second-order valence-electron chi connectivity index (χ2n) is 9.31. The largest absolute Gasteiger partial charge is 0.472 e. The molecule has 2 aromatic carbocycles. The van der Waals surface area contributed by atoms with Gasteiger partial charge in [0, 0.05) is 28.6 Å². The first-order valence-corrected chi connectivity index (χ1v) is 12.3. The van der Waals surface area contributed by atoms with Gasteiger partial charge in [0.25, 0.3) is 0 Å². The Morgan fingerprint density at radius 2 is 1.91 bits per heavy atom. The molecule has 0 atom stereocenters. The van der Waals surface area contributed by atoms with E-state index in [0.717, 1.165) is 27.8 Å². The summed E-state index contributed by atoms with van der Waals surface area (Å²) in [4.78, 5) is 12.5. The van der Waals surface area contributed by atoms with Gasteiger partial charge in [-0.3, -0.25) is 0 Å². The average Bonchev–Trinajstić information content (AvgIpc) is 3.55. The van der Waals surface area contributed by atoms with Crippen molar-refractivity contribution >= 4 is 28.5 Å². The molecule has 1 saturated carbocycles. The normalized spacial score (nSPS) is 14.2. The van der Waals surface area contributed by atoms with Crippen LogP contribution in [-0.4, -0.2) is 17.6 Å². The van der Waals surface area contributed by atoms with Crippen molar-refractivity contribution in [1.82, 2.24) is 4.57 Å². The lowest BCUT2D eigenvalue weighted by Crippen LogP contribution is -2.08. The molecular weight excluding hydrogens is 434 g/mol. The summed E-state index contributed by atoms with van der Waals surface area (Å²) in [5, 5.41) is 1.19. The molecule has 0 aliphatic heterocycles. The van der Waals surface area contributed by atoms with E-state index in [-0.39, 0.29) is 5.97 Å². The first kappa shape index (κ1) is 23.0. The molecular formula is C31H31NO3. The van der Waals surface area contributed by atoms with Crippen molar-refractivity contribution in [2.24, 2.45) is 0 Å². The number of hydrogen-bond donors (Lipinski definition) is 0. The van der Waals surface area contributed by atoms with E-state index in [1.165, 1.54) is 55.9 Å². The molecule has 0 spiro atoms. The maximum absolute atomic E-state index is 12.5. The zero-order valence-corrected chi connectivity index (χ0v) is 20.3. The summed E-state index contributed by atoms with van der Waals surface area (Å²) in [5.41, 5.74) is 8.29. The highest BCUT2D eigenvalue weighted by molar-refractivity contribution is 5.99. The van der Waals surface area contributed by atoms with Crippen LogP contribution >= 0.6 is 0 Å². The monoisotopic (exact) mass is 465 g/mol. The van der Waals surface area contributed by atoms with Crippen molar-refractivity contribution in [2.45, 2.75) is 44.6 Å². The fourth-order valence-electron chi connectivity index (χ4n) is 5.52. The SMILES string of the molecule is C=Cc1ccccc1-c1c(C2CCCCC2)c2ccc(C(=O)OC)cc2n1CC(=C)c1ccoc1. The van der Waals surface area contributed by atoms with Crippen LogP contribution in [-0.2, 0) is 11.3 Å². The molecule has 178 valence electrons. The number of aromatic nitrogens is 1. The van der Waals surface area contributed by atoms with Crippen molar-refractivity contribution in [3.05, 3.63) is 96.5 Å². The number of fused-ring (bicyclic) bond motifs is 1. The van der Waals surface area contributed by atoms with Gasteiger partial charge in [-0.05, 0) is 53.7 Å². The van der Waals surface area contributed by atoms with Gasteiger partial charge in [0.15, 0.2) is 0 Å². The van der Waals surface area contributed by atoms with Gasteiger partial charge < -0.3 is 13.7 Å². The summed E-state index contributed by atoms with van der Waals surface area (Å²) in [6, 6.07) is 16.3. The third-order valence-corrected chi connectivity index (χ3v) is 7.25. The number of allylic oxidation sites excluding steroid dienone is 1. The fraction of sp³-hybridized carbons (Fsp3) is 0.258. The predicted molar refractivity (Wildman–Crippen MR) is 142 cm³/mol. The van der Waals surface area contributed by atoms with E-state index in [1.807, 2.05) is 30.3 Å². The topological polar surface area (TPSA) is 44.4 Å². The Morgan fingerprint density at radius 1 is 1.11 bits per heavy atom. The summed E-state index contributed by atoms with van der Waals surface area (Å²) in [7, 11) is 1.42. The van der Waals surface area contributed by atoms with E-state index in [9.17, 15) is 4.79 Å². The summed E-state index contributed by atoms with van der Waals surface area (Å²) in [6.45, 7) is 9.05. The van der Waals surface area contributed by atoms with E-state index in [4.69, 9.17) is 9.15 Å². The first-order chi connectivity index (χ1) is 17.1. The Labute approximate surface area is 206 Å². The number of carbonyl (C=O) groups is 1. The Bertz CT molecular complexity index is 1380. The molecule has 2 aromatic heterocycles. The Morgan fingerprint density at radius 3 is 2.63 bits per heavy atom. The van der Waals surface area contributed by atoms with E-state index in [1.54, 1.807) is 12.5 Å². The third kappa shape index (κ3) is 4.25. The highest BCUT2D eigenvalue weighted by Crippen LogP contribution is 2.45. The molecule has 0 N–H and O–H groups in total. The van der Waals surface area contributed by atoms with Crippen LogP contribution in [0.5, 0.6) is 0 Å². The van der Waals surface area contributed by atoms with E-state index >= 15 is 0 Å². The second-order valence-corrected chi connectivity index (χ2v) is 9.31. The van der Waals surface area contributed by atoms with Gasteiger partial charge in [-0.2, -0.15) is 0 Å². The zero-order valence-electron chi connectivity index (χ0n) is 20.3. The lowest BCUT2D eigenvalue weighted by Gasteiger charge is -2.24. The summed E-state index contributed by atoms with van der Waals surface area (Å²) in [6.07, 6.45) is 11.4. The third-order valence-electron chi connectivity index (χ3n) is 7.25. The van der Waals surface area contributed by atoms with Gasteiger partial charge in [0.1, 0.15) is 0 Å². The van der Waals surface area contributed by atoms with Gasteiger partial charge in [-0.25, -0.2) is 4.79 Å². The molecule has 4 nitrogen and oxygen atoms in total. The van der Waals surface area contributed by atoms with Crippen LogP contribution in [0, 0.1) is 0 Å². The predicted octanol–water partition coefficient (Wildman–Crippen LogP) is 8.09. The molecule has 0 amide bonds. The van der Waals surface area contributed by atoms with Crippen molar-refractivity contribution in [3.63, 3.8) is 0 Å². The van der Waals surface area contributed by atoms with Gasteiger partial charge in [0.2, 0.25) is 0 Å². The molecule has 0 radical (unpaired) electrons. The molecule has 0 saturated heterocycles. The van der Waals surface area contributed by atoms with Crippen molar-refractivity contribution < 1.29 is 13.9 Å². The number of rotatable bonds is 7. The van der Waals surface area contributed by atoms with Crippen molar-refractivity contribution in [3.8, 4) is 11.3 Å². The maximum Gasteiger partial charge on any atom is 0.337 e. The lowest BCUT2D eigenvalue weighted by atomic mass is 9.81. The van der Waals surface area contributed by atoms with Crippen LogP contribution in [0.15, 0.2) is 78.6 Å². The van der Waals surface area contributed by atoms with Gasteiger partial charge in [0.05, 0.1) is 30.9 Å². The van der Waals surface area contributed by atoms with E-state index in [2.05, 4.69) is 42.0 Å². The minimum Gasteiger partial charge on any atom is -0.472 e. The van der Waals surface area contributed by atoms with Crippen molar-refractivity contribution in [1.29, 1.82) is 0 Å². The minimum absolute atomic E-state index is 0.333. The number of carbonyl (C=O) groups excluding carboxylic acids is 1. The average molecular weight is 466 g/mol. The molecule has 2 heterocycles. The number of methoxy groups -OCH3 is 1. The second kappa shape index (κ2) is 9.83. The van der Waals surface area contributed by atoms with Crippen molar-refractivity contribution in [2.75, 3.05) is 7.11 Å². The first-order valence-electron chi connectivity index (χ1n) is 12.3. The summed E-state index contributed by atoms with van der Waals surface area (Å²) in [5.74, 6) is 0.132. The van der Waals surface area contributed by atoms with Crippen LogP contribution in [0.25, 0.3) is 33.8 Å². The number of ether oxygens (including phenoxy) is 1. The van der Waals surface area contributed by atoms with E-state index < -0.39 is 0 Å². The highest BCUT2D eigenvalue weighted by atomic mass is 16.5. The molecule has 0 bridgehead atoms. The Balaban J connectivity index is 1.82. The van der Waals surface area contributed by atoms with Gasteiger partial charge in [-0.15, -0.1) is 0 Å². The van der Waals surface area contributed by atoms with Crippen LogP contribution in [0.2, 0.25) is 0 Å². The number of hydrogen-bond acceptors (Lipinski definition) is 3. The maximum atomic E-state index is 12.5. The lowest BCUT2D eigenvalue weighted by molar-refractivity contribution is 0.0601. The summed E-state index contributed by atoms with van der Waals surface area (Å²) < 4.78 is 12.7. The van der Waals surface area contributed by atoms with Gasteiger partial charge in [-0.1, -0.05) is 68.8 Å². The van der Waals surface area contributed by atoms with Crippen LogP contribution in [0.4, 0.5) is 0 Å². The van der Waals surface area contributed by atoms with Crippen LogP contribution in [0.3, 0.4) is 0 Å². The molecule has 1 aliphatic rings. The molecule has 0 unspecified atom stereocenters.